The summed E-state index contributed by atoms with van der Waals surface area (Å²) in [5.41, 5.74) is -1.97. The third kappa shape index (κ3) is 7.69. The van der Waals surface area contributed by atoms with E-state index in [2.05, 4.69) is 9.93 Å². The molecule has 1 fully saturated rings. The molecule has 40 heavy (non-hydrogen) atoms. The number of carbonyl (C=O) groups excluding carboxylic acids is 2. The summed E-state index contributed by atoms with van der Waals surface area (Å²) in [7, 11) is -4.10. The van der Waals surface area contributed by atoms with Gasteiger partial charge in [0.15, 0.2) is 0 Å². The van der Waals surface area contributed by atoms with Crippen molar-refractivity contribution in [2.75, 3.05) is 0 Å². The molecule has 0 heterocycles. The topological polar surface area (TPSA) is 131 Å². The number of ether oxygens (including phenoxy) is 2. The first kappa shape index (κ1) is 31.3. The van der Waals surface area contributed by atoms with Gasteiger partial charge in [0.05, 0.1) is 22.1 Å². The third-order valence-corrected chi connectivity index (χ3v) is 7.66. The second-order valence-corrected chi connectivity index (χ2v) is 14.2. The van der Waals surface area contributed by atoms with Crippen LogP contribution in [0.4, 0.5) is 0 Å². The predicted octanol–water partition coefficient (Wildman–Crippen LogP) is 4.48. The zero-order valence-electron chi connectivity index (χ0n) is 24.4. The average molecular weight is 573 g/mol. The number of benzene rings is 2. The minimum Gasteiger partial charge on any atom is -0.460 e. The molecule has 0 aliphatic heterocycles. The monoisotopic (exact) mass is 572 g/mol. The third-order valence-electron chi connectivity index (χ3n) is 6.43. The zero-order chi connectivity index (χ0) is 30.1. The number of nitrogens with one attached hydrogen (secondary N) is 1. The second kappa shape index (κ2) is 11.3. The molecule has 0 bridgehead atoms. The van der Waals surface area contributed by atoms with Gasteiger partial charge in [-0.1, -0.05) is 48.0 Å². The van der Waals surface area contributed by atoms with Crippen LogP contribution in [0.25, 0.3) is 0 Å². The number of carbonyl (C=O) groups is 2. The van der Waals surface area contributed by atoms with E-state index in [4.69, 9.17) is 9.47 Å². The van der Waals surface area contributed by atoms with E-state index < -0.39 is 56.5 Å². The van der Waals surface area contributed by atoms with Crippen molar-refractivity contribution in [3.63, 3.8) is 0 Å². The van der Waals surface area contributed by atoms with Crippen LogP contribution >= 0.6 is 0 Å². The van der Waals surface area contributed by atoms with Gasteiger partial charge in [0, 0.05) is 12.3 Å². The van der Waals surface area contributed by atoms with Crippen molar-refractivity contribution in [2.24, 2.45) is 16.9 Å². The Bertz CT molecular complexity index is 1350. The highest BCUT2D eigenvalue weighted by atomic mass is 32.2. The van der Waals surface area contributed by atoms with Crippen LogP contribution in [0.15, 0.2) is 64.6 Å². The van der Waals surface area contributed by atoms with E-state index in [0.29, 0.717) is 5.56 Å². The van der Waals surface area contributed by atoms with E-state index in [1.807, 2.05) is 6.92 Å². The summed E-state index contributed by atoms with van der Waals surface area (Å²) in [5.74, 6) is -4.71. The number of hydrogen-bond donors (Lipinski definition) is 2. The largest absolute Gasteiger partial charge is 0.460 e. The van der Waals surface area contributed by atoms with Gasteiger partial charge in [-0.2, -0.15) is 13.5 Å². The van der Waals surface area contributed by atoms with Crippen LogP contribution in [0.5, 0.6) is 0 Å². The van der Waals surface area contributed by atoms with Crippen LogP contribution in [-0.4, -0.2) is 48.0 Å². The van der Waals surface area contributed by atoms with Gasteiger partial charge in [0.1, 0.15) is 17.1 Å². The van der Waals surface area contributed by atoms with E-state index >= 15 is 0 Å². The summed E-state index contributed by atoms with van der Waals surface area (Å²) in [6.45, 7) is 13.6. The lowest BCUT2D eigenvalue weighted by atomic mass is 9.61. The van der Waals surface area contributed by atoms with Gasteiger partial charge in [0.2, 0.25) is 0 Å². The molecule has 0 saturated heterocycles. The highest BCUT2D eigenvalue weighted by Gasteiger charge is 2.57. The van der Waals surface area contributed by atoms with Crippen molar-refractivity contribution in [3.8, 4) is 0 Å². The molecule has 2 aromatic rings. The summed E-state index contributed by atoms with van der Waals surface area (Å²) in [4.78, 5) is 29.6. The van der Waals surface area contributed by atoms with E-state index in [-0.39, 0.29) is 17.0 Å². The SMILES string of the molecule is Cc1ccc(S(=O)(=O)NN=C2CC(C)(O)C(C(=O)OC(C)(C)C)C(c3ccccc3)C2C(=O)OC(C)(C)C)cc1. The number of hydrazone groups is 1. The van der Waals surface area contributed by atoms with Crippen molar-refractivity contribution in [1.82, 2.24) is 4.83 Å². The van der Waals surface area contributed by atoms with Crippen LogP contribution in [0, 0.1) is 18.8 Å². The standard InChI is InChI=1S/C30H40N2O7S/c1-19-14-16-21(17-15-19)40(36,37)32-31-22-18-30(8,35)25(27(34)39-29(5,6)7)23(20-12-10-9-11-13-20)24(22)26(33)38-28(2,3)4/h9-17,23-25,32,35H,18H2,1-8H3. The summed E-state index contributed by atoms with van der Waals surface area (Å²) >= 11 is 0. The Hall–Kier alpha value is -3.24. The molecular weight excluding hydrogens is 532 g/mol. The number of rotatable bonds is 6. The molecule has 2 aromatic carbocycles. The van der Waals surface area contributed by atoms with E-state index in [0.717, 1.165) is 5.56 Å². The lowest BCUT2D eigenvalue weighted by Gasteiger charge is -2.46. The molecule has 4 unspecified atom stereocenters. The van der Waals surface area contributed by atoms with Gasteiger partial charge in [-0.15, -0.1) is 0 Å². The highest BCUT2D eigenvalue weighted by molar-refractivity contribution is 7.89. The first-order valence-electron chi connectivity index (χ1n) is 13.2. The number of nitrogens with zero attached hydrogens (tertiary/aromatic N) is 1. The molecule has 4 atom stereocenters. The number of esters is 2. The Labute approximate surface area is 237 Å². The van der Waals surface area contributed by atoms with Crippen molar-refractivity contribution < 1.29 is 32.6 Å². The lowest BCUT2D eigenvalue weighted by Crippen LogP contribution is -2.56. The van der Waals surface area contributed by atoms with E-state index in [1.54, 1.807) is 84.0 Å². The summed E-state index contributed by atoms with van der Waals surface area (Å²) in [6.07, 6.45) is -0.277. The van der Waals surface area contributed by atoms with Gasteiger partial charge in [-0.25, -0.2) is 4.83 Å². The van der Waals surface area contributed by atoms with Crippen LogP contribution in [0.2, 0.25) is 0 Å². The first-order valence-corrected chi connectivity index (χ1v) is 14.7. The lowest BCUT2D eigenvalue weighted by molar-refractivity contribution is -0.175. The summed E-state index contributed by atoms with van der Waals surface area (Å²) in [5, 5.41) is 15.9. The minimum atomic E-state index is -4.10. The Balaban J connectivity index is 2.19. The fraction of sp³-hybridized carbons (Fsp3) is 0.500. The second-order valence-electron chi connectivity index (χ2n) is 12.5. The quantitative estimate of drug-likeness (QED) is 0.385. The van der Waals surface area contributed by atoms with Gasteiger partial charge in [-0.3, -0.25) is 9.59 Å². The van der Waals surface area contributed by atoms with Gasteiger partial charge < -0.3 is 14.6 Å². The van der Waals surface area contributed by atoms with Crippen molar-refractivity contribution in [3.05, 3.63) is 65.7 Å². The fourth-order valence-electron chi connectivity index (χ4n) is 4.84. The van der Waals surface area contributed by atoms with Gasteiger partial charge in [0.25, 0.3) is 10.0 Å². The Morgan fingerprint density at radius 2 is 1.45 bits per heavy atom. The predicted molar refractivity (Wildman–Crippen MR) is 152 cm³/mol. The number of aryl methyl sites for hydroxylation is 1. The van der Waals surface area contributed by atoms with Gasteiger partial charge >= 0.3 is 11.9 Å². The maximum atomic E-state index is 13.8. The van der Waals surface area contributed by atoms with Crippen molar-refractivity contribution >= 4 is 27.7 Å². The minimum absolute atomic E-state index is 0.00919. The normalized spacial score (nSPS) is 24.8. The molecule has 2 N–H and O–H groups in total. The molecule has 0 radical (unpaired) electrons. The highest BCUT2D eigenvalue weighted by Crippen LogP contribution is 2.47. The molecule has 0 spiro atoms. The maximum Gasteiger partial charge on any atom is 0.315 e. The molecule has 218 valence electrons. The average Bonchev–Trinajstić information content (AvgIpc) is 2.80. The molecular formula is C30H40N2O7S. The van der Waals surface area contributed by atoms with Crippen LogP contribution in [0.3, 0.4) is 0 Å². The number of aliphatic hydroxyl groups is 1. The molecule has 9 nitrogen and oxygen atoms in total. The van der Waals surface area contributed by atoms with Crippen molar-refractivity contribution in [2.45, 2.75) is 89.4 Å². The number of sulfonamides is 1. The van der Waals surface area contributed by atoms with Crippen LogP contribution in [-0.2, 0) is 29.1 Å². The van der Waals surface area contributed by atoms with E-state index in [1.165, 1.54) is 19.1 Å². The molecule has 10 heteroatoms. The zero-order valence-corrected chi connectivity index (χ0v) is 25.2. The molecule has 1 saturated carbocycles. The molecule has 3 rings (SSSR count). The number of hydrogen-bond acceptors (Lipinski definition) is 8. The molecule has 1 aliphatic carbocycles. The summed E-state index contributed by atoms with van der Waals surface area (Å²) < 4.78 is 37.6. The summed E-state index contributed by atoms with van der Waals surface area (Å²) in [6, 6.07) is 15.0. The molecule has 1 aliphatic rings. The molecule has 0 amide bonds. The Morgan fingerprint density at radius 1 is 0.925 bits per heavy atom. The molecule has 0 aromatic heterocycles. The van der Waals surface area contributed by atoms with E-state index in [9.17, 15) is 23.1 Å². The van der Waals surface area contributed by atoms with Gasteiger partial charge in [-0.05, 0) is 73.1 Å². The Morgan fingerprint density at radius 3 is 1.98 bits per heavy atom. The van der Waals surface area contributed by atoms with Crippen molar-refractivity contribution in [1.29, 1.82) is 0 Å². The van der Waals surface area contributed by atoms with Crippen LogP contribution < -0.4 is 4.83 Å². The smallest absolute Gasteiger partial charge is 0.315 e. The Kier molecular flexibility index (Phi) is 8.86. The first-order chi connectivity index (χ1) is 18.3. The maximum absolute atomic E-state index is 13.8. The fourth-order valence-corrected chi connectivity index (χ4v) is 5.68. The van der Waals surface area contributed by atoms with Crippen LogP contribution in [0.1, 0.15) is 71.9 Å².